The molecule has 100 heavy (non-hydrogen) atoms. The SMILES string of the molecule is CCCCCCCCCCCCCCCCCCC(C(=O)Oc1c(Cc2ccc(O)c(C(C)(C)C)c2)cc(C)cc1C(C)(C)C)=C(CCCCCCCCCCCCCCCCCC)P(=O)(OCc1cc(C(C)(C)C)c(O)c(C(C)(C)C)c1)OCc1cc(C(C)(C)C)c(O)c(C(C)(C)C)c1. The summed E-state index contributed by atoms with van der Waals surface area (Å²) in [5.41, 5.74) is 7.06. The highest BCUT2D eigenvalue weighted by Crippen LogP contribution is 2.61. The number of hydrogen-bond acceptors (Lipinski definition) is 8. The Morgan fingerprint density at radius 3 is 0.990 bits per heavy atom. The van der Waals surface area contributed by atoms with Gasteiger partial charge in [0.15, 0.2) is 0 Å². The molecule has 0 bridgehead atoms. The van der Waals surface area contributed by atoms with Crippen LogP contribution in [0.3, 0.4) is 0 Å². The van der Waals surface area contributed by atoms with Gasteiger partial charge in [0, 0.05) is 17.6 Å². The van der Waals surface area contributed by atoms with Gasteiger partial charge in [-0.3, -0.25) is 4.57 Å². The summed E-state index contributed by atoms with van der Waals surface area (Å²) in [6, 6.07) is 18.0. The van der Waals surface area contributed by atoms with E-state index >= 15 is 9.36 Å². The smallest absolute Gasteiger partial charge is 0.358 e. The normalized spacial score (nSPS) is 13.2. The van der Waals surface area contributed by atoms with Gasteiger partial charge in [-0.15, -0.1) is 0 Å². The molecule has 0 aliphatic carbocycles. The van der Waals surface area contributed by atoms with Crippen LogP contribution >= 0.6 is 7.60 Å². The van der Waals surface area contributed by atoms with E-state index in [2.05, 4.69) is 164 Å². The second-order valence-corrected chi connectivity index (χ2v) is 38.4. The maximum absolute atomic E-state index is 17.4. The molecule has 0 heterocycles. The minimum Gasteiger partial charge on any atom is -0.508 e. The molecule has 4 aromatic carbocycles. The van der Waals surface area contributed by atoms with Gasteiger partial charge in [-0.2, -0.15) is 0 Å². The van der Waals surface area contributed by atoms with E-state index in [-0.39, 0.29) is 35.9 Å². The number of phenols is 3. The van der Waals surface area contributed by atoms with Gasteiger partial charge in [0.1, 0.15) is 23.0 Å². The van der Waals surface area contributed by atoms with Crippen LogP contribution in [0.2, 0.25) is 0 Å². The number of allylic oxidation sites excluding steroid dienone is 1. The summed E-state index contributed by atoms with van der Waals surface area (Å²) in [6.45, 7) is 44.4. The number of rotatable bonds is 45. The number of ether oxygens (including phenoxy) is 1. The van der Waals surface area contributed by atoms with Crippen molar-refractivity contribution < 1.29 is 38.5 Å². The van der Waals surface area contributed by atoms with Gasteiger partial charge >= 0.3 is 13.6 Å². The lowest BCUT2D eigenvalue weighted by Gasteiger charge is -2.30. The predicted molar refractivity (Wildman–Crippen MR) is 429 cm³/mol. The minimum absolute atomic E-state index is 0.108. The molecule has 4 aromatic rings. The van der Waals surface area contributed by atoms with E-state index in [1.165, 1.54) is 154 Å². The Bertz CT molecular complexity index is 2990. The van der Waals surface area contributed by atoms with E-state index in [0.29, 0.717) is 48.7 Å². The zero-order valence-corrected chi connectivity index (χ0v) is 69.1. The van der Waals surface area contributed by atoms with Crippen molar-refractivity contribution in [2.75, 3.05) is 0 Å². The molecule has 0 aliphatic rings. The van der Waals surface area contributed by atoms with Gasteiger partial charge in [-0.1, -0.05) is 361 Å². The van der Waals surface area contributed by atoms with Crippen LogP contribution in [0.1, 0.15) is 418 Å². The summed E-state index contributed by atoms with van der Waals surface area (Å²) in [6.07, 6.45) is 40.0. The standard InChI is InChI=1S/C91H149O8P/c1-22-24-26-28-30-32-34-36-38-40-42-44-46-48-50-52-54-73(85(95)99-84-72(58-68(3)59-79(84)91(19,20)21)60-69-56-57-80(92)74(61-69)86(4,5)6)81(55-53-51-49-47-45-43-41-39-37-35-33-31-29-27-25-23-2)100(96,97-66-70-62-75(87(7,8)9)82(93)76(63-70)88(10,11)12)98-67-71-64-77(89(13,14)15)83(94)78(65-71)90(16,17)18/h56-59,61-65,92-94H,22-55,60,66-67H2,1-21H3. The number of hydrogen-bond donors (Lipinski definition) is 3. The lowest BCUT2D eigenvalue weighted by atomic mass is 9.78. The fraction of sp³-hybridized carbons (Fsp3) is 0.703. The number of aryl methyl sites for hydroxylation is 1. The first-order valence-corrected chi connectivity index (χ1v) is 41.9. The third-order valence-corrected chi connectivity index (χ3v) is 22.5. The summed E-state index contributed by atoms with van der Waals surface area (Å²) in [7, 11) is -4.52. The summed E-state index contributed by atoms with van der Waals surface area (Å²) in [4.78, 5) is 16.4. The van der Waals surface area contributed by atoms with Gasteiger partial charge < -0.3 is 29.1 Å². The first-order chi connectivity index (χ1) is 46.8. The van der Waals surface area contributed by atoms with Crippen LogP contribution in [-0.4, -0.2) is 21.3 Å². The number of phenolic OH excluding ortho intramolecular Hbond substituents is 3. The lowest BCUT2D eigenvalue weighted by Crippen LogP contribution is -2.21. The highest BCUT2D eigenvalue weighted by Gasteiger charge is 2.38. The molecule has 8 nitrogen and oxygen atoms in total. The summed E-state index contributed by atoms with van der Waals surface area (Å²) in [5, 5.41) is 35.5. The van der Waals surface area contributed by atoms with E-state index in [0.717, 1.165) is 99.7 Å². The topological polar surface area (TPSA) is 123 Å². The Hall–Kier alpha value is -4.36. The maximum Gasteiger partial charge on any atom is 0.358 e. The van der Waals surface area contributed by atoms with Crippen LogP contribution in [-0.2, 0) is 70.5 Å². The Kier molecular flexibility index (Phi) is 36.9. The van der Waals surface area contributed by atoms with Gasteiger partial charge in [0.25, 0.3) is 0 Å². The van der Waals surface area contributed by atoms with Crippen molar-refractivity contribution in [2.45, 2.75) is 416 Å². The van der Waals surface area contributed by atoms with E-state index in [1.54, 1.807) is 6.07 Å². The van der Waals surface area contributed by atoms with E-state index < -0.39 is 40.6 Å². The molecule has 3 N–H and O–H groups in total. The van der Waals surface area contributed by atoms with Crippen LogP contribution < -0.4 is 4.74 Å². The number of unbranched alkanes of at least 4 members (excludes halogenated alkanes) is 30. The molecule has 0 spiro atoms. The monoisotopic (exact) mass is 1400 g/mol. The Morgan fingerprint density at radius 1 is 0.370 bits per heavy atom. The molecule has 0 atom stereocenters. The average molecular weight is 1400 g/mol. The van der Waals surface area contributed by atoms with Gasteiger partial charge in [0.05, 0.1) is 18.5 Å². The predicted octanol–water partition coefficient (Wildman–Crippen LogP) is 28.6. The molecule has 9 heteroatoms. The van der Waals surface area contributed by atoms with Crippen LogP contribution in [0.4, 0.5) is 0 Å². The van der Waals surface area contributed by atoms with E-state index in [1.807, 2.05) is 30.3 Å². The third-order valence-electron chi connectivity index (χ3n) is 20.4. The number of esters is 1. The Morgan fingerprint density at radius 2 is 0.670 bits per heavy atom. The number of carbonyl (C=O) groups is 1. The van der Waals surface area contributed by atoms with Crippen molar-refractivity contribution in [2.24, 2.45) is 0 Å². The molecular weight excluding hydrogens is 1250 g/mol. The first kappa shape index (κ1) is 88.0. The molecule has 0 aliphatic heterocycles. The van der Waals surface area contributed by atoms with Crippen LogP contribution in [0.25, 0.3) is 0 Å². The molecule has 0 aromatic heterocycles. The van der Waals surface area contributed by atoms with Gasteiger partial charge in [-0.05, 0) is 145 Å². The molecule has 0 fully saturated rings. The lowest BCUT2D eigenvalue weighted by molar-refractivity contribution is -0.130. The van der Waals surface area contributed by atoms with Crippen molar-refractivity contribution in [3.63, 3.8) is 0 Å². The number of carbonyl (C=O) groups excluding carboxylic acids is 1. The van der Waals surface area contributed by atoms with Crippen molar-refractivity contribution in [3.8, 4) is 23.0 Å². The molecule has 0 unspecified atom stereocenters. The van der Waals surface area contributed by atoms with Crippen molar-refractivity contribution in [1.82, 2.24) is 0 Å². The highest BCUT2D eigenvalue weighted by molar-refractivity contribution is 7.58. The van der Waals surface area contributed by atoms with Gasteiger partial charge in [0.2, 0.25) is 0 Å². The second kappa shape index (κ2) is 42.0. The number of aromatic hydroxyl groups is 3. The van der Waals surface area contributed by atoms with E-state index in [9.17, 15) is 15.3 Å². The minimum atomic E-state index is -4.52. The fourth-order valence-corrected chi connectivity index (χ4v) is 16.2. The summed E-state index contributed by atoms with van der Waals surface area (Å²) >= 11 is 0. The van der Waals surface area contributed by atoms with Crippen LogP contribution in [0, 0.1) is 6.92 Å². The van der Waals surface area contributed by atoms with Crippen LogP contribution in [0.5, 0.6) is 23.0 Å². The first-order valence-electron chi connectivity index (χ1n) is 40.4. The Labute approximate surface area is 614 Å². The molecule has 4 rings (SSSR count). The molecule has 0 saturated heterocycles. The van der Waals surface area contributed by atoms with Crippen LogP contribution in [0.15, 0.2) is 65.5 Å². The molecular formula is C91H149O8P. The molecule has 566 valence electrons. The summed E-state index contributed by atoms with van der Waals surface area (Å²) in [5.74, 6) is 0.705. The van der Waals surface area contributed by atoms with E-state index in [4.69, 9.17) is 13.8 Å². The maximum atomic E-state index is 17.4. The highest BCUT2D eigenvalue weighted by atomic mass is 31.2. The quantitative estimate of drug-likeness (QED) is 0.0132. The molecule has 0 radical (unpaired) electrons. The third kappa shape index (κ3) is 30.4. The van der Waals surface area contributed by atoms with Crippen molar-refractivity contribution >= 4 is 13.6 Å². The van der Waals surface area contributed by atoms with Crippen molar-refractivity contribution in [1.29, 1.82) is 0 Å². The summed E-state index contributed by atoms with van der Waals surface area (Å²) < 4.78 is 38.8. The Balaban J connectivity index is 1.95. The van der Waals surface area contributed by atoms with Gasteiger partial charge in [-0.25, -0.2) is 4.79 Å². The zero-order valence-electron chi connectivity index (χ0n) is 68.2. The average Bonchev–Trinajstić information content (AvgIpc) is 0.777. The fourth-order valence-electron chi connectivity index (χ4n) is 14.2. The largest absolute Gasteiger partial charge is 0.508 e. The second-order valence-electron chi connectivity index (χ2n) is 36.4. The molecule has 0 saturated carbocycles. The number of benzene rings is 4. The van der Waals surface area contributed by atoms with Crippen molar-refractivity contribution in [3.05, 3.63) is 127 Å². The zero-order chi connectivity index (χ0) is 74.5. The molecule has 0 amide bonds.